The van der Waals surface area contributed by atoms with Crippen LogP contribution in [0.25, 0.3) is 0 Å². The van der Waals surface area contributed by atoms with E-state index in [4.69, 9.17) is 10.5 Å². The van der Waals surface area contributed by atoms with Crippen molar-refractivity contribution in [1.29, 1.82) is 0 Å². The first-order valence-corrected chi connectivity index (χ1v) is 8.78. The van der Waals surface area contributed by atoms with Gasteiger partial charge in [-0.15, -0.1) is 0 Å². The lowest BCUT2D eigenvalue weighted by molar-refractivity contribution is -0.127. The lowest BCUT2D eigenvalue weighted by Crippen LogP contribution is -2.26. The second kappa shape index (κ2) is 7.14. The molecular formula is C16H16N2O5S. The Labute approximate surface area is 139 Å². The molecule has 0 radical (unpaired) electrons. The van der Waals surface area contributed by atoms with Crippen molar-refractivity contribution < 1.29 is 22.7 Å². The number of primary amides is 1. The van der Waals surface area contributed by atoms with E-state index in [-0.39, 0.29) is 11.3 Å². The second-order valence-electron chi connectivity index (χ2n) is 5.05. The Morgan fingerprint density at radius 2 is 1.75 bits per heavy atom. The molecule has 0 aromatic heterocycles. The SMILES string of the molecule is CS(=O)(=O)Nc1cccc(C(=O)O[C@H](C(N)=O)c2ccccc2)c1. The number of carbonyl (C=O) groups is 2. The van der Waals surface area contributed by atoms with E-state index in [1.807, 2.05) is 0 Å². The molecule has 1 atom stereocenters. The molecule has 2 rings (SSSR count). The molecule has 0 bridgehead atoms. The van der Waals surface area contributed by atoms with Gasteiger partial charge in [-0.1, -0.05) is 36.4 Å². The number of carbonyl (C=O) groups excluding carboxylic acids is 2. The predicted octanol–water partition coefficient (Wildman–Crippen LogP) is 1.44. The van der Waals surface area contributed by atoms with Gasteiger partial charge in [-0.25, -0.2) is 13.2 Å². The zero-order valence-electron chi connectivity index (χ0n) is 12.8. The van der Waals surface area contributed by atoms with Crippen LogP contribution in [0.15, 0.2) is 54.6 Å². The van der Waals surface area contributed by atoms with Gasteiger partial charge in [0.15, 0.2) is 0 Å². The van der Waals surface area contributed by atoms with Gasteiger partial charge in [-0.2, -0.15) is 0 Å². The van der Waals surface area contributed by atoms with Crippen LogP contribution in [0.3, 0.4) is 0 Å². The minimum Gasteiger partial charge on any atom is -0.444 e. The third kappa shape index (κ3) is 4.82. The summed E-state index contributed by atoms with van der Waals surface area (Å²) in [6.07, 6.45) is -0.235. The third-order valence-electron chi connectivity index (χ3n) is 2.99. The number of amides is 1. The Bertz CT molecular complexity index is 850. The maximum Gasteiger partial charge on any atom is 0.339 e. The summed E-state index contributed by atoms with van der Waals surface area (Å²) < 4.78 is 29.9. The molecule has 0 spiro atoms. The van der Waals surface area contributed by atoms with E-state index >= 15 is 0 Å². The number of hydrogen-bond acceptors (Lipinski definition) is 5. The number of nitrogens with two attached hydrogens (primary N) is 1. The van der Waals surface area contributed by atoms with Gasteiger partial charge in [0.2, 0.25) is 16.1 Å². The first-order chi connectivity index (χ1) is 11.3. The highest BCUT2D eigenvalue weighted by Crippen LogP contribution is 2.20. The van der Waals surface area contributed by atoms with Crippen LogP contribution >= 0.6 is 0 Å². The minimum absolute atomic E-state index is 0.0887. The summed E-state index contributed by atoms with van der Waals surface area (Å²) >= 11 is 0. The fourth-order valence-electron chi connectivity index (χ4n) is 2.02. The van der Waals surface area contributed by atoms with Crippen molar-refractivity contribution in [1.82, 2.24) is 0 Å². The molecule has 2 aromatic rings. The lowest BCUT2D eigenvalue weighted by atomic mass is 10.1. The van der Waals surface area contributed by atoms with Crippen molar-refractivity contribution in [2.45, 2.75) is 6.10 Å². The second-order valence-corrected chi connectivity index (χ2v) is 6.80. The quantitative estimate of drug-likeness (QED) is 0.766. The van der Waals surface area contributed by atoms with Gasteiger partial charge in [-0.3, -0.25) is 9.52 Å². The molecule has 7 nitrogen and oxygen atoms in total. The fraction of sp³-hybridized carbons (Fsp3) is 0.125. The molecule has 0 aliphatic carbocycles. The van der Waals surface area contributed by atoms with Gasteiger partial charge in [0.1, 0.15) is 0 Å². The van der Waals surface area contributed by atoms with Crippen molar-refractivity contribution >= 4 is 27.6 Å². The van der Waals surface area contributed by atoms with Crippen molar-refractivity contribution in [3.8, 4) is 0 Å². The number of hydrogen-bond donors (Lipinski definition) is 2. The van der Waals surface area contributed by atoms with Gasteiger partial charge in [0, 0.05) is 11.3 Å². The number of sulfonamides is 1. The smallest absolute Gasteiger partial charge is 0.339 e. The summed E-state index contributed by atoms with van der Waals surface area (Å²) in [5.74, 6) is -1.60. The fourth-order valence-corrected chi connectivity index (χ4v) is 2.57. The van der Waals surface area contributed by atoms with Crippen molar-refractivity contribution in [2.24, 2.45) is 5.73 Å². The van der Waals surface area contributed by atoms with E-state index in [2.05, 4.69) is 4.72 Å². The van der Waals surface area contributed by atoms with E-state index in [0.717, 1.165) is 6.26 Å². The number of rotatable bonds is 6. The average molecular weight is 348 g/mol. The highest BCUT2D eigenvalue weighted by Gasteiger charge is 2.23. The molecule has 1 amide bonds. The zero-order valence-corrected chi connectivity index (χ0v) is 13.6. The van der Waals surface area contributed by atoms with E-state index in [1.54, 1.807) is 30.3 Å². The van der Waals surface area contributed by atoms with Crippen LogP contribution in [-0.4, -0.2) is 26.6 Å². The number of anilines is 1. The summed E-state index contributed by atoms with van der Waals surface area (Å²) in [4.78, 5) is 23.8. The summed E-state index contributed by atoms with van der Waals surface area (Å²) in [6, 6.07) is 14.1. The highest BCUT2D eigenvalue weighted by molar-refractivity contribution is 7.92. The topological polar surface area (TPSA) is 116 Å². The third-order valence-corrected chi connectivity index (χ3v) is 3.59. The average Bonchev–Trinajstić information content (AvgIpc) is 2.51. The van der Waals surface area contributed by atoms with Crippen molar-refractivity contribution in [3.05, 3.63) is 65.7 Å². The van der Waals surface area contributed by atoms with Gasteiger partial charge in [0.05, 0.1) is 11.8 Å². The normalized spacial score (nSPS) is 12.2. The molecule has 126 valence electrons. The molecule has 0 unspecified atom stereocenters. The molecular weight excluding hydrogens is 332 g/mol. The van der Waals surface area contributed by atoms with Crippen LogP contribution in [0.5, 0.6) is 0 Å². The van der Waals surface area contributed by atoms with E-state index < -0.39 is 28.0 Å². The van der Waals surface area contributed by atoms with Crippen LogP contribution in [0.1, 0.15) is 22.0 Å². The maximum absolute atomic E-state index is 12.2. The Hall–Kier alpha value is -2.87. The van der Waals surface area contributed by atoms with Crippen LogP contribution in [0, 0.1) is 0 Å². The number of ether oxygens (including phenoxy) is 1. The standard InChI is InChI=1S/C16H16N2O5S/c1-24(21,22)18-13-9-5-8-12(10-13)16(20)23-14(15(17)19)11-6-3-2-4-7-11/h2-10,14,18H,1H3,(H2,17,19)/t14-/m0/s1. The molecule has 0 saturated carbocycles. The van der Waals surface area contributed by atoms with Crippen LogP contribution in [0.2, 0.25) is 0 Å². The summed E-state index contributed by atoms with van der Waals surface area (Å²) in [5.41, 5.74) is 6.05. The number of nitrogens with one attached hydrogen (secondary N) is 1. The van der Waals surface area contributed by atoms with E-state index in [9.17, 15) is 18.0 Å². The van der Waals surface area contributed by atoms with E-state index in [0.29, 0.717) is 5.56 Å². The molecule has 8 heteroatoms. The molecule has 0 heterocycles. The van der Waals surface area contributed by atoms with Crippen LogP contribution < -0.4 is 10.5 Å². The van der Waals surface area contributed by atoms with Crippen molar-refractivity contribution in [3.63, 3.8) is 0 Å². The Balaban J connectivity index is 2.22. The molecule has 0 aliphatic heterocycles. The largest absolute Gasteiger partial charge is 0.444 e. The van der Waals surface area contributed by atoms with Gasteiger partial charge >= 0.3 is 5.97 Å². The maximum atomic E-state index is 12.2. The summed E-state index contributed by atoms with van der Waals surface area (Å²) in [7, 11) is -3.48. The van der Waals surface area contributed by atoms with Crippen molar-refractivity contribution in [2.75, 3.05) is 11.0 Å². The Morgan fingerprint density at radius 3 is 2.33 bits per heavy atom. The highest BCUT2D eigenvalue weighted by atomic mass is 32.2. The van der Waals surface area contributed by atoms with E-state index in [1.165, 1.54) is 24.3 Å². The molecule has 2 aromatic carbocycles. The summed E-state index contributed by atoms with van der Waals surface area (Å²) in [6.45, 7) is 0. The first kappa shape index (κ1) is 17.5. The van der Waals surface area contributed by atoms with Crippen LogP contribution in [0.4, 0.5) is 5.69 Å². The first-order valence-electron chi connectivity index (χ1n) is 6.89. The molecule has 24 heavy (non-hydrogen) atoms. The number of benzene rings is 2. The molecule has 0 saturated heterocycles. The molecule has 0 fully saturated rings. The zero-order chi connectivity index (χ0) is 17.7. The van der Waals surface area contributed by atoms with Crippen LogP contribution in [-0.2, 0) is 19.6 Å². The minimum atomic E-state index is -3.48. The summed E-state index contributed by atoms with van der Waals surface area (Å²) in [5, 5.41) is 0. The Kier molecular flexibility index (Phi) is 5.20. The molecule has 0 aliphatic rings. The van der Waals surface area contributed by atoms with Gasteiger partial charge in [0.25, 0.3) is 5.91 Å². The van der Waals surface area contributed by atoms with Gasteiger partial charge in [-0.05, 0) is 18.2 Å². The number of esters is 1. The lowest BCUT2D eigenvalue weighted by Gasteiger charge is -2.15. The van der Waals surface area contributed by atoms with Gasteiger partial charge < -0.3 is 10.5 Å². The molecule has 3 N–H and O–H groups in total. The monoisotopic (exact) mass is 348 g/mol. The Morgan fingerprint density at radius 1 is 1.08 bits per heavy atom. The predicted molar refractivity (Wildman–Crippen MR) is 88.7 cm³/mol.